The molecule has 7 heteroatoms. The van der Waals surface area contributed by atoms with Gasteiger partial charge in [0.1, 0.15) is 4.83 Å². The van der Waals surface area contributed by atoms with E-state index in [1.54, 1.807) is 22.2 Å². The first kappa shape index (κ1) is 14.6. The Labute approximate surface area is 143 Å². The minimum atomic E-state index is 0.0664. The van der Waals surface area contributed by atoms with Gasteiger partial charge in [-0.15, -0.1) is 11.3 Å². The van der Waals surface area contributed by atoms with Crippen molar-refractivity contribution in [1.29, 1.82) is 0 Å². The van der Waals surface area contributed by atoms with Crippen molar-refractivity contribution in [2.75, 3.05) is 13.1 Å². The third-order valence-electron chi connectivity index (χ3n) is 5.38. The standard InChI is InChI=1S/C17H20N4O2S/c22-14-5-10(8-21(14)11-1-2-11)7-20-9-19-16-15(17(20)23)12-3-4-18-6-13(12)24-16/h9-11,18H,1-8H2/t10-/m0/s1. The Morgan fingerprint density at radius 3 is 3.04 bits per heavy atom. The van der Waals surface area contributed by atoms with Crippen LogP contribution in [-0.2, 0) is 24.3 Å². The van der Waals surface area contributed by atoms with E-state index in [0.29, 0.717) is 19.0 Å². The zero-order valence-corrected chi connectivity index (χ0v) is 14.3. The van der Waals surface area contributed by atoms with Gasteiger partial charge in [0.15, 0.2) is 0 Å². The van der Waals surface area contributed by atoms with E-state index in [2.05, 4.69) is 10.3 Å². The minimum Gasteiger partial charge on any atom is -0.339 e. The average Bonchev–Trinajstić information content (AvgIpc) is 3.25. The molecule has 1 amide bonds. The van der Waals surface area contributed by atoms with Crippen molar-refractivity contribution in [1.82, 2.24) is 19.8 Å². The van der Waals surface area contributed by atoms with Gasteiger partial charge in [-0.2, -0.15) is 0 Å². The molecule has 6 nitrogen and oxygen atoms in total. The number of hydrogen-bond acceptors (Lipinski definition) is 5. The first-order valence-electron chi connectivity index (χ1n) is 8.70. The fourth-order valence-corrected chi connectivity index (χ4v) is 5.18. The van der Waals surface area contributed by atoms with Gasteiger partial charge in [-0.1, -0.05) is 0 Å². The molecule has 1 saturated carbocycles. The number of aromatic nitrogens is 2. The molecule has 1 aliphatic carbocycles. The van der Waals surface area contributed by atoms with Crippen LogP contribution in [0.4, 0.5) is 0 Å². The van der Waals surface area contributed by atoms with Gasteiger partial charge >= 0.3 is 0 Å². The van der Waals surface area contributed by atoms with Crippen molar-refractivity contribution in [3.63, 3.8) is 0 Å². The lowest BCUT2D eigenvalue weighted by atomic mass is 10.1. The van der Waals surface area contributed by atoms with Crippen molar-refractivity contribution in [2.45, 2.75) is 44.8 Å². The van der Waals surface area contributed by atoms with E-state index in [0.717, 1.165) is 49.1 Å². The lowest BCUT2D eigenvalue weighted by molar-refractivity contribution is -0.128. The summed E-state index contributed by atoms with van der Waals surface area (Å²) in [6.07, 6.45) is 5.41. The van der Waals surface area contributed by atoms with Gasteiger partial charge in [-0.25, -0.2) is 4.98 Å². The summed E-state index contributed by atoms with van der Waals surface area (Å²) in [6.45, 7) is 3.14. The summed E-state index contributed by atoms with van der Waals surface area (Å²) in [5, 5.41) is 4.16. The molecule has 0 bridgehead atoms. The number of fused-ring (bicyclic) bond motifs is 3. The van der Waals surface area contributed by atoms with Crippen molar-refractivity contribution < 1.29 is 4.79 Å². The molecule has 2 aromatic heterocycles. The number of hydrogen-bond donors (Lipinski definition) is 1. The largest absolute Gasteiger partial charge is 0.339 e. The molecule has 2 aliphatic heterocycles. The molecule has 2 aromatic rings. The molecule has 24 heavy (non-hydrogen) atoms. The number of rotatable bonds is 3. The highest BCUT2D eigenvalue weighted by Gasteiger charge is 2.39. The Balaban J connectivity index is 1.46. The van der Waals surface area contributed by atoms with E-state index in [-0.39, 0.29) is 17.4 Å². The normalized spacial score (nSPS) is 23.9. The average molecular weight is 344 g/mol. The zero-order valence-electron chi connectivity index (χ0n) is 13.5. The van der Waals surface area contributed by atoms with Gasteiger partial charge in [0, 0.05) is 42.9 Å². The summed E-state index contributed by atoms with van der Waals surface area (Å²) in [7, 11) is 0. The number of amides is 1. The van der Waals surface area contributed by atoms with Crippen LogP contribution in [0.2, 0.25) is 0 Å². The maximum Gasteiger partial charge on any atom is 0.262 e. The summed E-state index contributed by atoms with van der Waals surface area (Å²) in [6, 6.07) is 0.469. The third-order valence-corrected chi connectivity index (χ3v) is 6.52. The monoisotopic (exact) mass is 344 g/mol. The Morgan fingerprint density at radius 1 is 1.33 bits per heavy atom. The number of likely N-dealkylation sites (tertiary alicyclic amines) is 1. The molecule has 1 N–H and O–H groups in total. The van der Waals surface area contributed by atoms with E-state index in [4.69, 9.17) is 0 Å². The maximum atomic E-state index is 13.0. The second kappa shape index (κ2) is 5.39. The van der Waals surface area contributed by atoms with E-state index >= 15 is 0 Å². The molecule has 0 unspecified atom stereocenters. The van der Waals surface area contributed by atoms with Crippen LogP contribution in [0.3, 0.4) is 0 Å². The third kappa shape index (κ3) is 2.29. The van der Waals surface area contributed by atoms with Crippen LogP contribution in [0.15, 0.2) is 11.1 Å². The predicted octanol–water partition coefficient (Wildman–Crippen LogP) is 1.11. The number of nitrogens with zero attached hydrogens (tertiary/aromatic N) is 3. The Hall–Kier alpha value is -1.73. The number of carbonyl (C=O) groups is 1. The number of nitrogens with one attached hydrogen (secondary N) is 1. The van der Waals surface area contributed by atoms with E-state index in [9.17, 15) is 9.59 Å². The lowest BCUT2D eigenvalue weighted by Crippen LogP contribution is -2.29. The Kier molecular flexibility index (Phi) is 3.28. The fraction of sp³-hybridized carbons (Fsp3) is 0.588. The molecule has 1 atom stereocenters. The van der Waals surface area contributed by atoms with E-state index in [1.807, 2.05) is 4.90 Å². The van der Waals surface area contributed by atoms with Crippen LogP contribution in [0.5, 0.6) is 0 Å². The summed E-state index contributed by atoms with van der Waals surface area (Å²) in [5.74, 6) is 0.481. The molecule has 1 saturated heterocycles. The highest BCUT2D eigenvalue weighted by molar-refractivity contribution is 7.18. The predicted molar refractivity (Wildman–Crippen MR) is 92.1 cm³/mol. The highest BCUT2D eigenvalue weighted by atomic mass is 32.1. The van der Waals surface area contributed by atoms with Crippen LogP contribution >= 0.6 is 11.3 Å². The van der Waals surface area contributed by atoms with Crippen LogP contribution < -0.4 is 10.9 Å². The van der Waals surface area contributed by atoms with E-state index < -0.39 is 0 Å². The maximum absolute atomic E-state index is 13.0. The summed E-state index contributed by atoms with van der Waals surface area (Å²) < 4.78 is 1.73. The van der Waals surface area contributed by atoms with Crippen molar-refractivity contribution in [3.05, 3.63) is 27.1 Å². The molecule has 3 aliphatic rings. The molecular weight excluding hydrogens is 324 g/mol. The van der Waals surface area contributed by atoms with Gasteiger partial charge in [-0.3, -0.25) is 14.2 Å². The van der Waals surface area contributed by atoms with Crippen LogP contribution in [0.25, 0.3) is 10.2 Å². The zero-order chi connectivity index (χ0) is 16.3. The first-order chi connectivity index (χ1) is 11.7. The van der Waals surface area contributed by atoms with Gasteiger partial charge in [0.05, 0.1) is 11.7 Å². The Bertz CT molecular complexity index is 883. The van der Waals surface area contributed by atoms with Crippen LogP contribution in [0, 0.1) is 5.92 Å². The molecule has 2 fully saturated rings. The van der Waals surface area contributed by atoms with Crippen LogP contribution in [0.1, 0.15) is 29.7 Å². The molecule has 0 aromatic carbocycles. The smallest absolute Gasteiger partial charge is 0.262 e. The Morgan fingerprint density at radius 2 is 2.21 bits per heavy atom. The second-order valence-corrected chi connectivity index (χ2v) is 8.24. The quantitative estimate of drug-likeness (QED) is 0.906. The van der Waals surface area contributed by atoms with Crippen molar-refractivity contribution in [3.8, 4) is 0 Å². The molecule has 4 heterocycles. The van der Waals surface area contributed by atoms with Crippen molar-refractivity contribution >= 4 is 27.5 Å². The van der Waals surface area contributed by atoms with Gasteiger partial charge in [0.25, 0.3) is 5.56 Å². The van der Waals surface area contributed by atoms with E-state index in [1.165, 1.54) is 10.4 Å². The SMILES string of the molecule is O=C1C[C@@H](Cn2cnc3sc4c(c3c2=O)CCNC4)CN1C1CC1. The van der Waals surface area contributed by atoms with Gasteiger partial charge < -0.3 is 10.2 Å². The fourth-order valence-electron chi connectivity index (χ4n) is 4.03. The van der Waals surface area contributed by atoms with Gasteiger partial charge in [-0.05, 0) is 31.4 Å². The van der Waals surface area contributed by atoms with Gasteiger partial charge in [0.2, 0.25) is 5.91 Å². The second-order valence-electron chi connectivity index (χ2n) is 7.16. The summed E-state index contributed by atoms with van der Waals surface area (Å²) in [4.78, 5) is 33.7. The minimum absolute atomic E-state index is 0.0664. The molecule has 0 radical (unpaired) electrons. The highest BCUT2D eigenvalue weighted by Crippen LogP contribution is 2.33. The molecule has 0 spiro atoms. The topological polar surface area (TPSA) is 67.2 Å². The lowest BCUT2D eigenvalue weighted by Gasteiger charge is -2.16. The van der Waals surface area contributed by atoms with Crippen LogP contribution in [-0.4, -0.2) is 39.5 Å². The number of thiophene rings is 1. The molecule has 126 valence electrons. The summed E-state index contributed by atoms with van der Waals surface area (Å²) in [5.41, 5.74) is 1.25. The molecular formula is C17H20N4O2S. The van der Waals surface area contributed by atoms with Crippen molar-refractivity contribution in [2.24, 2.45) is 5.92 Å². The number of carbonyl (C=O) groups excluding carboxylic acids is 1. The first-order valence-corrected chi connectivity index (χ1v) is 9.52. The molecule has 5 rings (SSSR count). The summed E-state index contributed by atoms with van der Waals surface area (Å²) >= 11 is 1.63.